The lowest BCUT2D eigenvalue weighted by Gasteiger charge is -2.25. The minimum absolute atomic E-state index is 0.634. The Morgan fingerprint density at radius 2 is 1.82 bits per heavy atom. The summed E-state index contributed by atoms with van der Waals surface area (Å²) in [5.41, 5.74) is 4.40. The second kappa shape index (κ2) is 6.20. The average Bonchev–Trinajstić information content (AvgIpc) is 2.25. The maximum atomic E-state index is 2.38. The third-order valence-corrected chi connectivity index (χ3v) is 3.54. The van der Waals surface area contributed by atoms with E-state index in [1.54, 1.807) is 0 Å². The second-order valence-corrected chi connectivity index (χ2v) is 5.65. The molecule has 0 heterocycles. The van der Waals surface area contributed by atoms with Crippen molar-refractivity contribution in [1.29, 1.82) is 0 Å². The molecule has 0 fully saturated rings. The summed E-state index contributed by atoms with van der Waals surface area (Å²) in [4.78, 5) is 2.29. The van der Waals surface area contributed by atoms with Gasteiger partial charge in [-0.1, -0.05) is 39.0 Å². The molecule has 1 unspecified atom stereocenters. The minimum atomic E-state index is 0.634. The van der Waals surface area contributed by atoms with E-state index in [0.717, 1.165) is 13.0 Å². The van der Waals surface area contributed by atoms with Gasteiger partial charge < -0.3 is 4.90 Å². The normalized spacial score (nSPS) is 13.4. The lowest BCUT2D eigenvalue weighted by atomic mass is 9.86. The molecule has 0 amide bonds. The maximum Gasteiger partial charge on any atom is 0.00466 e. The third-order valence-electron chi connectivity index (χ3n) is 3.54. The van der Waals surface area contributed by atoms with E-state index in [-0.39, 0.29) is 0 Å². The molecule has 0 spiro atoms. The van der Waals surface area contributed by atoms with Gasteiger partial charge in [0.1, 0.15) is 0 Å². The van der Waals surface area contributed by atoms with Crippen LogP contribution >= 0.6 is 0 Å². The lowest BCUT2D eigenvalue weighted by Crippen LogP contribution is -2.23. The van der Waals surface area contributed by atoms with Crippen LogP contribution in [0.3, 0.4) is 0 Å². The predicted molar refractivity (Wildman–Crippen MR) is 76.7 cm³/mol. The molecule has 1 aromatic rings. The van der Waals surface area contributed by atoms with Crippen molar-refractivity contribution in [2.45, 2.75) is 40.0 Å². The van der Waals surface area contributed by atoms with Crippen LogP contribution in [-0.2, 0) is 6.42 Å². The SMILES string of the molecule is CCc1ccc(C(CN(C)C)C(C)C)cc1C. The van der Waals surface area contributed by atoms with E-state index in [9.17, 15) is 0 Å². The minimum Gasteiger partial charge on any atom is -0.309 e. The van der Waals surface area contributed by atoms with Crippen molar-refractivity contribution in [3.63, 3.8) is 0 Å². The van der Waals surface area contributed by atoms with E-state index in [1.165, 1.54) is 16.7 Å². The number of rotatable bonds is 5. The van der Waals surface area contributed by atoms with E-state index in [0.29, 0.717) is 11.8 Å². The zero-order valence-corrected chi connectivity index (χ0v) is 12.2. The summed E-state index contributed by atoms with van der Waals surface area (Å²) in [5, 5.41) is 0. The first-order valence-electron chi connectivity index (χ1n) is 6.69. The molecule has 0 saturated heterocycles. The molecule has 1 heteroatoms. The lowest BCUT2D eigenvalue weighted by molar-refractivity contribution is 0.330. The molecular formula is C16H27N. The maximum absolute atomic E-state index is 2.38. The highest BCUT2D eigenvalue weighted by Gasteiger charge is 2.17. The zero-order valence-electron chi connectivity index (χ0n) is 12.2. The van der Waals surface area contributed by atoms with Crippen LogP contribution in [0.5, 0.6) is 0 Å². The van der Waals surface area contributed by atoms with Crippen molar-refractivity contribution in [3.8, 4) is 0 Å². The van der Waals surface area contributed by atoms with Gasteiger partial charge in [-0.2, -0.15) is 0 Å². The number of hydrogen-bond acceptors (Lipinski definition) is 1. The summed E-state index contributed by atoms with van der Waals surface area (Å²) in [5.74, 6) is 1.32. The fourth-order valence-electron chi connectivity index (χ4n) is 2.44. The highest BCUT2D eigenvalue weighted by molar-refractivity contribution is 5.33. The Kier molecular flexibility index (Phi) is 5.20. The Morgan fingerprint density at radius 3 is 2.24 bits per heavy atom. The summed E-state index contributed by atoms with van der Waals surface area (Å²) >= 11 is 0. The van der Waals surface area contributed by atoms with Gasteiger partial charge in [0.25, 0.3) is 0 Å². The van der Waals surface area contributed by atoms with E-state index in [2.05, 4.69) is 64.9 Å². The van der Waals surface area contributed by atoms with E-state index >= 15 is 0 Å². The molecular weight excluding hydrogens is 206 g/mol. The number of likely N-dealkylation sites (N-methyl/N-ethyl adjacent to an activating group) is 1. The summed E-state index contributed by atoms with van der Waals surface area (Å²) < 4.78 is 0. The van der Waals surface area contributed by atoms with E-state index < -0.39 is 0 Å². The molecule has 0 bridgehead atoms. The third kappa shape index (κ3) is 3.85. The van der Waals surface area contributed by atoms with Crippen molar-refractivity contribution < 1.29 is 0 Å². The quantitative estimate of drug-likeness (QED) is 0.746. The van der Waals surface area contributed by atoms with E-state index in [1.807, 2.05) is 0 Å². The second-order valence-electron chi connectivity index (χ2n) is 5.65. The smallest absolute Gasteiger partial charge is 0.00466 e. The van der Waals surface area contributed by atoms with Crippen molar-refractivity contribution in [2.24, 2.45) is 5.92 Å². The Hall–Kier alpha value is -0.820. The van der Waals surface area contributed by atoms with Crippen molar-refractivity contribution in [3.05, 3.63) is 34.9 Å². The predicted octanol–water partition coefficient (Wildman–Crippen LogP) is 3.86. The van der Waals surface area contributed by atoms with Crippen LogP contribution < -0.4 is 0 Å². The first kappa shape index (κ1) is 14.2. The van der Waals surface area contributed by atoms with Gasteiger partial charge in [-0.05, 0) is 56.0 Å². The summed E-state index contributed by atoms with van der Waals surface area (Å²) in [6.07, 6.45) is 1.13. The van der Waals surface area contributed by atoms with Gasteiger partial charge >= 0.3 is 0 Å². The van der Waals surface area contributed by atoms with Crippen LogP contribution in [0.1, 0.15) is 43.4 Å². The van der Waals surface area contributed by atoms with Crippen LogP contribution in [0.15, 0.2) is 18.2 Å². The molecule has 0 radical (unpaired) electrons. The van der Waals surface area contributed by atoms with Gasteiger partial charge in [-0.25, -0.2) is 0 Å². The molecule has 0 saturated carbocycles. The Morgan fingerprint density at radius 1 is 1.18 bits per heavy atom. The summed E-state index contributed by atoms with van der Waals surface area (Å²) in [6.45, 7) is 10.2. The van der Waals surface area contributed by atoms with Gasteiger partial charge in [-0.15, -0.1) is 0 Å². The number of aryl methyl sites for hydroxylation is 2. The highest BCUT2D eigenvalue weighted by Crippen LogP contribution is 2.26. The average molecular weight is 233 g/mol. The van der Waals surface area contributed by atoms with Crippen LogP contribution in [0, 0.1) is 12.8 Å². The topological polar surface area (TPSA) is 3.24 Å². The standard InChI is InChI=1S/C16H27N/c1-7-14-8-9-15(10-13(14)4)16(12(2)3)11-17(5)6/h8-10,12,16H,7,11H2,1-6H3. The van der Waals surface area contributed by atoms with Crippen molar-refractivity contribution in [2.75, 3.05) is 20.6 Å². The molecule has 0 aliphatic rings. The van der Waals surface area contributed by atoms with Gasteiger partial charge in [0.05, 0.1) is 0 Å². The van der Waals surface area contributed by atoms with Crippen LogP contribution in [0.2, 0.25) is 0 Å². The highest BCUT2D eigenvalue weighted by atomic mass is 15.1. The monoisotopic (exact) mass is 233 g/mol. The molecule has 1 atom stereocenters. The van der Waals surface area contributed by atoms with Crippen molar-refractivity contribution in [1.82, 2.24) is 4.90 Å². The molecule has 1 aromatic carbocycles. The molecule has 1 nitrogen and oxygen atoms in total. The van der Waals surface area contributed by atoms with Crippen LogP contribution in [0.4, 0.5) is 0 Å². The number of nitrogens with zero attached hydrogens (tertiary/aromatic N) is 1. The summed E-state index contributed by atoms with van der Waals surface area (Å²) in [6, 6.07) is 7.00. The molecule has 17 heavy (non-hydrogen) atoms. The van der Waals surface area contributed by atoms with Crippen molar-refractivity contribution >= 4 is 0 Å². The molecule has 0 aliphatic heterocycles. The molecule has 0 N–H and O–H groups in total. The molecule has 0 aromatic heterocycles. The van der Waals surface area contributed by atoms with Gasteiger partial charge in [0.15, 0.2) is 0 Å². The molecule has 0 aliphatic carbocycles. The Bertz CT molecular complexity index is 353. The first-order chi connectivity index (χ1) is 7.95. The summed E-state index contributed by atoms with van der Waals surface area (Å²) in [7, 11) is 4.31. The van der Waals surface area contributed by atoms with Gasteiger partial charge in [0, 0.05) is 6.54 Å². The Labute approximate surface area is 107 Å². The number of hydrogen-bond donors (Lipinski definition) is 0. The zero-order chi connectivity index (χ0) is 13.0. The number of benzene rings is 1. The fourth-order valence-corrected chi connectivity index (χ4v) is 2.44. The largest absolute Gasteiger partial charge is 0.309 e. The van der Waals surface area contributed by atoms with Crippen LogP contribution in [-0.4, -0.2) is 25.5 Å². The fraction of sp³-hybridized carbons (Fsp3) is 0.625. The molecule has 1 rings (SSSR count). The Balaban J connectivity index is 2.98. The van der Waals surface area contributed by atoms with E-state index in [4.69, 9.17) is 0 Å². The van der Waals surface area contributed by atoms with Crippen LogP contribution in [0.25, 0.3) is 0 Å². The van der Waals surface area contributed by atoms with Gasteiger partial charge in [-0.3, -0.25) is 0 Å². The van der Waals surface area contributed by atoms with Gasteiger partial charge in [0.2, 0.25) is 0 Å². The first-order valence-corrected chi connectivity index (χ1v) is 6.69. The molecule has 96 valence electrons.